The highest BCUT2D eigenvalue weighted by Crippen LogP contribution is 2.18. The van der Waals surface area contributed by atoms with Gasteiger partial charge in [0.15, 0.2) is 0 Å². The molecule has 0 fully saturated rings. The van der Waals surface area contributed by atoms with E-state index < -0.39 is 5.97 Å². The van der Waals surface area contributed by atoms with Crippen LogP contribution in [0, 0.1) is 13.8 Å². The van der Waals surface area contributed by atoms with E-state index in [4.69, 9.17) is 5.11 Å². The standard InChI is InChI=1S/C12H14O3/c1-7-4-8(2)10(6-9(3)13)11(5-7)12(14)15/h4-5H,6H2,1-3H3,(H,14,15). The molecule has 0 heterocycles. The Bertz CT molecular complexity index is 419. The minimum absolute atomic E-state index is 0.0237. The fourth-order valence-corrected chi connectivity index (χ4v) is 1.67. The van der Waals surface area contributed by atoms with E-state index in [1.54, 1.807) is 6.07 Å². The molecule has 0 amide bonds. The van der Waals surface area contributed by atoms with Crippen molar-refractivity contribution in [2.24, 2.45) is 0 Å². The van der Waals surface area contributed by atoms with E-state index >= 15 is 0 Å². The molecule has 1 N–H and O–H groups in total. The van der Waals surface area contributed by atoms with Crippen LogP contribution in [0.3, 0.4) is 0 Å². The Morgan fingerprint density at radius 2 is 1.87 bits per heavy atom. The van der Waals surface area contributed by atoms with Crippen molar-refractivity contribution >= 4 is 11.8 Å². The van der Waals surface area contributed by atoms with Crippen molar-refractivity contribution < 1.29 is 14.7 Å². The molecule has 0 unspecified atom stereocenters. The van der Waals surface area contributed by atoms with E-state index in [1.807, 2.05) is 19.9 Å². The van der Waals surface area contributed by atoms with Crippen molar-refractivity contribution in [3.8, 4) is 0 Å². The summed E-state index contributed by atoms with van der Waals surface area (Å²) in [5, 5.41) is 9.02. The fraction of sp³-hybridized carbons (Fsp3) is 0.333. The quantitative estimate of drug-likeness (QED) is 0.824. The van der Waals surface area contributed by atoms with Crippen LogP contribution in [0.2, 0.25) is 0 Å². The van der Waals surface area contributed by atoms with Gasteiger partial charge in [-0.05, 0) is 43.5 Å². The van der Waals surface area contributed by atoms with Crippen LogP contribution in [0.25, 0.3) is 0 Å². The molecule has 80 valence electrons. The fourth-order valence-electron chi connectivity index (χ4n) is 1.67. The van der Waals surface area contributed by atoms with Crippen molar-refractivity contribution in [1.29, 1.82) is 0 Å². The van der Waals surface area contributed by atoms with Gasteiger partial charge in [-0.15, -0.1) is 0 Å². The summed E-state index contributed by atoms with van der Waals surface area (Å²) < 4.78 is 0. The minimum atomic E-state index is -0.974. The van der Waals surface area contributed by atoms with Gasteiger partial charge in [-0.3, -0.25) is 4.79 Å². The van der Waals surface area contributed by atoms with E-state index in [2.05, 4.69) is 0 Å². The van der Waals surface area contributed by atoms with E-state index in [-0.39, 0.29) is 17.8 Å². The molecule has 0 radical (unpaired) electrons. The number of rotatable bonds is 3. The SMILES string of the molecule is CC(=O)Cc1c(C)cc(C)cc1C(=O)O. The molecule has 15 heavy (non-hydrogen) atoms. The second-order valence-electron chi connectivity index (χ2n) is 3.79. The lowest BCUT2D eigenvalue weighted by atomic mass is 9.95. The highest BCUT2D eigenvalue weighted by Gasteiger charge is 2.14. The molecule has 0 aliphatic rings. The molecular weight excluding hydrogens is 192 g/mol. The van der Waals surface area contributed by atoms with Gasteiger partial charge >= 0.3 is 5.97 Å². The molecular formula is C12H14O3. The number of benzene rings is 1. The lowest BCUT2D eigenvalue weighted by Gasteiger charge is -2.09. The van der Waals surface area contributed by atoms with E-state index in [0.29, 0.717) is 5.56 Å². The summed E-state index contributed by atoms with van der Waals surface area (Å²) in [4.78, 5) is 22.0. The van der Waals surface area contributed by atoms with Gasteiger partial charge in [0.25, 0.3) is 0 Å². The van der Waals surface area contributed by atoms with Gasteiger partial charge in [-0.2, -0.15) is 0 Å². The maximum atomic E-state index is 11.0. The van der Waals surface area contributed by atoms with Crippen LogP contribution in [0.4, 0.5) is 0 Å². The van der Waals surface area contributed by atoms with E-state index in [1.165, 1.54) is 6.92 Å². The molecule has 0 aromatic heterocycles. The van der Waals surface area contributed by atoms with Crippen LogP contribution in [-0.4, -0.2) is 16.9 Å². The maximum absolute atomic E-state index is 11.0. The van der Waals surface area contributed by atoms with Gasteiger partial charge in [0.1, 0.15) is 5.78 Å². The van der Waals surface area contributed by atoms with E-state index in [0.717, 1.165) is 11.1 Å². The minimum Gasteiger partial charge on any atom is -0.478 e. The number of carbonyl (C=O) groups excluding carboxylic acids is 1. The van der Waals surface area contributed by atoms with Crippen LogP contribution in [0.1, 0.15) is 34.0 Å². The molecule has 1 aromatic carbocycles. The first kappa shape index (κ1) is 11.4. The van der Waals surface area contributed by atoms with E-state index in [9.17, 15) is 9.59 Å². The molecule has 0 saturated carbocycles. The van der Waals surface area contributed by atoms with Crippen LogP contribution in [-0.2, 0) is 11.2 Å². The molecule has 1 rings (SSSR count). The monoisotopic (exact) mass is 206 g/mol. The van der Waals surface area contributed by atoms with Crippen LogP contribution in [0.5, 0.6) is 0 Å². The first-order chi connectivity index (χ1) is 6.91. The maximum Gasteiger partial charge on any atom is 0.335 e. The zero-order valence-corrected chi connectivity index (χ0v) is 9.13. The first-order valence-corrected chi connectivity index (χ1v) is 4.74. The van der Waals surface area contributed by atoms with Crippen LogP contribution < -0.4 is 0 Å². The average molecular weight is 206 g/mol. The number of hydrogen-bond donors (Lipinski definition) is 1. The van der Waals surface area contributed by atoms with Gasteiger partial charge < -0.3 is 5.11 Å². The third-order valence-electron chi connectivity index (χ3n) is 2.27. The molecule has 3 heteroatoms. The predicted octanol–water partition coefficient (Wildman–Crippen LogP) is 2.13. The second kappa shape index (κ2) is 4.26. The molecule has 0 atom stereocenters. The van der Waals surface area contributed by atoms with Gasteiger partial charge in [0, 0.05) is 6.42 Å². The average Bonchev–Trinajstić information content (AvgIpc) is 2.08. The molecule has 1 aromatic rings. The number of carboxylic acid groups (broad SMARTS) is 1. The van der Waals surface area contributed by atoms with Crippen molar-refractivity contribution in [3.05, 3.63) is 34.4 Å². The van der Waals surface area contributed by atoms with Gasteiger partial charge in [0.05, 0.1) is 5.56 Å². The smallest absolute Gasteiger partial charge is 0.335 e. The largest absolute Gasteiger partial charge is 0.478 e. The summed E-state index contributed by atoms with van der Waals surface area (Å²) in [6.07, 6.45) is 0.188. The lowest BCUT2D eigenvalue weighted by molar-refractivity contribution is -0.116. The summed E-state index contributed by atoms with van der Waals surface area (Å²) in [6.45, 7) is 5.14. The molecule has 0 spiro atoms. The lowest BCUT2D eigenvalue weighted by Crippen LogP contribution is -2.08. The number of Topliss-reactive ketones (excluding diaryl/α,β-unsaturated/α-hetero) is 1. The van der Waals surface area contributed by atoms with Gasteiger partial charge in [0.2, 0.25) is 0 Å². The summed E-state index contributed by atoms with van der Waals surface area (Å²) in [7, 11) is 0. The number of ketones is 1. The molecule has 3 nitrogen and oxygen atoms in total. The Kier molecular flexibility index (Phi) is 3.24. The molecule has 0 bridgehead atoms. The Balaban J connectivity index is 3.33. The third kappa shape index (κ3) is 2.65. The van der Waals surface area contributed by atoms with Crippen molar-refractivity contribution in [1.82, 2.24) is 0 Å². The Labute approximate surface area is 88.7 Å². The number of aryl methyl sites for hydroxylation is 2. The molecule has 0 aliphatic heterocycles. The van der Waals surface area contributed by atoms with Crippen LogP contribution in [0.15, 0.2) is 12.1 Å². The number of hydrogen-bond acceptors (Lipinski definition) is 2. The summed E-state index contributed by atoms with van der Waals surface area (Å²) >= 11 is 0. The Morgan fingerprint density at radius 1 is 1.27 bits per heavy atom. The third-order valence-corrected chi connectivity index (χ3v) is 2.27. The summed E-state index contributed by atoms with van der Waals surface area (Å²) in [6, 6.07) is 3.50. The van der Waals surface area contributed by atoms with Crippen molar-refractivity contribution in [3.63, 3.8) is 0 Å². The predicted molar refractivity (Wildman–Crippen MR) is 57.3 cm³/mol. The number of aromatic carboxylic acids is 1. The molecule has 0 aliphatic carbocycles. The van der Waals surface area contributed by atoms with Gasteiger partial charge in [-0.25, -0.2) is 4.79 Å². The van der Waals surface area contributed by atoms with Gasteiger partial charge in [-0.1, -0.05) is 6.07 Å². The topological polar surface area (TPSA) is 54.4 Å². The van der Waals surface area contributed by atoms with Crippen molar-refractivity contribution in [2.75, 3.05) is 0 Å². The Hall–Kier alpha value is -1.64. The highest BCUT2D eigenvalue weighted by atomic mass is 16.4. The summed E-state index contributed by atoms with van der Waals surface area (Å²) in [5.41, 5.74) is 2.63. The first-order valence-electron chi connectivity index (χ1n) is 4.74. The summed E-state index contributed by atoms with van der Waals surface area (Å²) in [5.74, 6) is -0.998. The number of carbonyl (C=O) groups is 2. The van der Waals surface area contributed by atoms with Crippen molar-refractivity contribution in [2.45, 2.75) is 27.2 Å². The zero-order chi connectivity index (χ0) is 11.6. The second-order valence-corrected chi connectivity index (χ2v) is 3.79. The normalized spacial score (nSPS) is 10.1. The molecule has 0 saturated heterocycles. The number of carboxylic acids is 1. The Morgan fingerprint density at radius 3 is 2.33 bits per heavy atom. The zero-order valence-electron chi connectivity index (χ0n) is 9.13. The van der Waals surface area contributed by atoms with Crippen LogP contribution >= 0.6 is 0 Å². The highest BCUT2D eigenvalue weighted by molar-refractivity contribution is 5.92.